The minimum Gasteiger partial charge on any atom is -0.394 e. The number of rotatable bonds is 55. The lowest BCUT2D eigenvalue weighted by Gasteiger charge is -2.21. The van der Waals surface area contributed by atoms with E-state index in [0.717, 1.165) is 32.1 Å². The quantitative estimate of drug-likeness (QED) is 0.0361. The van der Waals surface area contributed by atoms with Crippen LogP contribution >= 0.6 is 0 Å². The van der Waals surface area contributed by atoms with Crippen LogP contribution in [0.5, 0.6) is 0 Å². The summed E-state index contributed by atoms with van der Waals surface area (Å²) >= 11 is 0. The van der Waals surface area contributed by atoms with Gasteiger partial charge in [-0.2, -0.15) is 0 Å². The lowest BCUT2D eigenvalue weighted by molar-refractivity contribution is -0.131. The Bertz CT molecular complexity index is 967. The first-order valence-corrected chi connectivity index (χ1v) is 29.7. The van der Waals surface area contributed by atoms with Gasteiger partial charge in [0.15, 0.2) is 0 Å². The molecule has 0 radical (unpaired) electrons. The van der Waals surface area contributed by atoms with E-state index in [-0.39, 0.29) is 6.61 Å². The van der Waals surface area contributed by atoms with E-state index in [0.29, 0.717) is 6.42 Å². The molecule has 5 heteroatoms. The highest BCUT2D eigenvalue weighted by molar-refractivity contribution is 5.80. The molecule has 0 rings (SSSR count). The summed E-state index contributed by atoms with van der Waals surface area (Å²) in [5.74, 6) is -0.498. The number of unbranched alkanes of at least 4 members (excludes halogenated alkanes) is 45. The van der Waals surface area contributed by atoms with Gasteiger partial charge >= 0.3 is 0 Å². The Labute approximate surface area is 407 Å². The summed E-state index contributed by atoms with van der Waals surface area (Å²) in [4.78, 5) is 12.5. The first kappa shape index (κ1) is 63.8. The van der Waals surface area contributed by atoms with Crippen molar-refractivity contribution in [2.24, 2.45) is 0 Å². The first-order chi connectivity index (χ1) is 32.1. The van der Waals surface area contributed by atoms with Gasteiger partial charge in [0.2, 0.25) is 5.91 Å². The minimum atomic E-state index is -1.10. The van der Waals surface area contributed by atoms with Crippen LogP contribution in [0.2, 0.25) is 0 Å². The second-order valence-electron chi connectivity index (χ2n) is 20.6. The number of amides is 1. The molecule has 65 heavy (non-hydrogen) atoms. The van der Waals surface area contributed by atoms with Crippen molar-refractivity contribution in [3.05, 3.63) is 24.3 Å². The number of allylic oxidation sites excluding steroid dienone is 3. The number of hydrogen-bond donors (Lipinski definition) is 4. The fraction of sp³-hybridized carbons (Fsp3) is 0.917. The fourth-order valence-corrected chi connectivity index (χ4v) is 9.42. The van der Waals surface area contributed by atoms with E-state index >= 15 is 0 Å². The molecule has 3 unspecified atom stereocenters. The maximum absolute atomic E-state index is 12.5. The zero-order valence-corrected chi connectivity index (χ0v) is 44.1. The maximum Gasteiger partial charge on any atom is 0.249 e. The van der Waals surface area contributed by atoms with Gasteiger partial charge in [-0.3, -0.25) is 4.79 Å². The summed E-state index contributed by atoms with van der Waals surface area (Å²) in [6, 6.07) is -0.795. The van der Waals surface area contributed by atoms with Crippen molar-refractivity contribution in [3.63, 3.8) is 0 Å². The molecule has 0 saturated carbocycles. The number of carbonyl (C=O) groups is 1. The monoisotopic (exact) mass is 916 g/mol. The van der Waals surface area contributed by atoms with Crippen LogP contribution in [0.3, 0.4) is 0 Å². The molecule has 386 valence electrons. The Morgan fingerprint density at radius 3 is 0.892 bits per heavy atom. The van der Waals surface area contributed by atoms with E-state index in [2.05, 4.69) is 31.3 Å². The van der Waals surface area contributed by atoms with Crippen LogP contribution in [0.25, 0.3) is 0 Å². The molecule has 4 N–H and O–H groups in total. The van der Waals surface area contributed by atoms with Crippen LogP contribution in [-0.2, 0) is 4.79 Å². The summed E-state index contributed by atoms with van der Waals surface area (Å²) in [7, 11) is 0. The summed E-state index contributed by atoms with van der Waals surface area (Å²) < 4.78 is 0. The molecule has 3 atom stereocenters. The van der Waals surface area contributed by atoms with Crippen LogP contribution in [0, 0.1) is 0 Å². The highest BCUT2D eigenvalue weighted by Crippen LogP contribution is 2.18. The summed E-state index contributed by atoms with van der Waals surface area (Å²) in [6.45, 7) is 4.21. The molecular weight excluding hydrogens is 799 g/mol. The normalized spacial score (nSPS) is 13.4. The number of nitrogens with one attached hydrogen (secondary N) is 1. The third-order valence-corrected chi connectivity index (χ3v) is 14.0. The molecule has 0 heterocycles. The van der Waals surface area contributed by atoms with Gasteiger partial charge in [0.25, 0.3) is 0 Å². The predicted molar refractivity (Wildman–Crippen MR) is 287 cm³/mol. The van der Waals surface area contributed by atoms with Crippen molar-refractivity contribution in [2.75, 3.05) is 6.61 Å². The molecule has 5 nitrogen and oxygen atoms in total. The van der Waals surface area contributed by atoms with Crippen molar-refractivity contribution in [1.82, 2.24) is 5.32 Å². The number of hydrogen-bond acceptors (Lipinski definition) is 4. The van der Waals surface area contributed by atoms with Gasteiger partial charge in [-0.25, -0.2) is 0 Å². The molecule has 0 bridgehead atoms. The van der Waals surface area contributed by atoms with E-state index in [4.69, 9.17) is 0 Å². The Morgan fingerprint density at radius 2 is 0.615 bits per heavy atom. The van der Waals surface area contributed by atoms with Gasteiger partial charge in [0, 0.05) is 0 Å². The summed E-state index contributed by atoms with van der Waals surface area (Å²) in [6.07, 6.45) is 71.4. The molecule has 0 aliphatic rings. The minimum absolute atomic E-state index is 0.360. The third-order valence-electron chi connectivity index (χ3n) is 14.0. The van der Waals surface area contributed by atoms with Gasteiger partial charge in [-0.1, -0.05) is 308 Å². The zero-order chi connectivity index (χ0) is 47.2. The van der Waals surface area contributed by atoms with E-state index < -0.39 is 24.2 Å². The van der Waals surface area contributed by atoms with Crippen LogP contribution in [0.15, 0.2) is 24.3 Å². The summed E-state index contributed by atoms with van der Waals surface area (Å²) in [5, 5.41) is 33.3. The summed E-state index contributed by atoms with van der Waals surface area (Å²) in [5.41, 5.74) is 0. The Balaban J connectivity index is 3.47. The number of carbonyl (C=O) groups excluding carboxylic acids is 1. The second-order valence-corrected chi connectivity index (χ2v) is 20.6. The number of aliphatic hydroxyl groups is 3. The van der Waals surface area contributed by atoms with Crippen molar-refractivity contribution < 1.29 is 20.1 Å². The van der Waals surface area contributed by atoms with E-state index in [1.54, 1.807) is 6.08 Å². The molecule has 0 aliphatic carbocycles. The lowest BCUT2D eigenvalue weighted by atomic mass is 10.0. The molecule has 0 fully saturated rings. The topological polar surface area (TPSA) is 89.8 Å². The molecule has 0 aliphatic heterocycles. The fourth-order valence-electron chi connectivity index (χ4n) is 9.42. The average molecular weight is 917 g/mol. The van der Waals surface area contributed by atoms with Gasteiger partial charge < -0.3 is 20.6 Å². The van der Waals surface area contributed by atoms with Gasteiger partial charge in [0.05, 0.1) is 18.8 Å². The van der Waals surface area contributed by atoms with E-state index in [9.17, 15) is 20.1 Å². The largest absolute Gasteiger partial charge is 0.394 e. The third kappa shape index (κ3) is 50.5. The Morgan fingerprint density at radius 1 is 0.369 bits per heavy atom. The lowest BCUT2D eigenvalue weighted by Crippen LogP contribution is -2.48. The molecule has 0 aromatic carbocycles. The van der Waals surface area contributed by atoms with Crippen molar-refractivity contribution >= 4 is 5.91 Å². The predicted octanol–water partition coefficient (Wildman–Crippen LogP) is 18.5. The van der Waals surface area contributed by atoms with Crippen LogP contribution < -0.4 is 5.32 Å². The molecule has 0 aromatic heterocycles. The van der Waals surface area contributed by atoms with E-state index in [1.807, 2.05) is 6.08 Å². The SMILES string of the molecule is CCCCCCCCCCCCCCC/C=C/C(O)C(CO)NC(=O)C(O)CCCCCCCCCCCCCCCCCC/C=C\CCCCCCCCCCCCCCCCCC. The zero-order valence-electron chi connectivity index (χ0n) is 44.1. The second kappa shape index (κ2) is 55.4. The Hall–Kier alpha value is -1.17. The van der Waals surface area contributed by atoms with Crippen LogP contribution in [0.1, 0.15) is 328 Å². The van der Waals surface area contributed by atoms with Crippen molar-refractivity contribution in [3.8, 4) is 0 Å². The molecule has 0 spiro atoms. The average Bonchev–Trinajstić information content (AvgIpc) is 3.31. The van der Waals surface area contributed by atoms with Crippen molar-refractivity contribution in [2.45, 2.75) is 347 Å². The number of aliphatic hydroxyl groups excluding tert-OH is 3. The van der Waals surface area contributed by atoms with Crippen LogP contribution in [0.4, 0.5) is 0 Å². The smallest absolute Gasteiger partial charge is 0.249 e. The standard InChI is InChI=1S/C60H117NO4/c1-3-5-7-9-11-13-15-17-19-20-21-22-23-24-25-26-27-28-29-30-31-32-33-34-35-36-37-38-39-41-43-45-47-49-51-53-55-59(64)60(65)61-57(56-62)58(63)54-52-50-48-46-44-42-40-18-16-14-12-10-8-6-4-2/h28-29,52,54,57-59,62-64H,3-27,30-51,53,55-56H2,1-2H3,(H,61,65)/b29-28-,54-52+. The molecule has 0 aromatic rings. The van der Waals surface area contributed by atoms with E-state index in [1.165, 1.54) is 276 Å². The molecule has 1 amide bonds. The highest BCUT2D eigenvalue weighted by Gasteiger charge is 2.22. The van der Waals surface area contributed by atoms with Gasteiger partial charge in [0.1, 0.15) is 6.10 Å². The maximum atomic E-state index is 12.5. The van der Waals surface area contributed by atoms with Crippen molar-refractivity contribution in [1.29, 1.82) is 0 Å². The first-order valence-electron chi connectivity index (χ1n) is 29.7. The highest BCUT2D eigenvalue weighted by atomic mass is 16.3. The Kier molecular flexibility index (Phi) is 54.4. The van der Waals surface area contributed by atoms with Crippen LogP contribution in [-0.4, -0.2) is 46.1 Å². The molecular formula is C60H117NO4. The molecule has 0 saturated heterocycles. The van der Waals surface area contributed by atoms with Gasteiger partial charge in [-0.05, 0) is 44.9 Å². The van der Waals surface area contributed by atoms with Gasteiger partial charge in [-0.15, -0.1) is 0 Å².